The predicted molar refractivity (Wildman–Crippen MR) is 73.3 cm³/mol. The highest BCUT2D eigenvalue weighted by Gasteiger charge is 2.30. The maximum absolute atomic E-state index is 14.1. The monoisotopic (exact) mass is 283 g/mol. The van der Waals surface area contributed by atoms with Gasteiger partial charge in [-0.3, -0.25) is 4.79 Å². The number of nitrogens with zero attached hydrogens (tertiary/aromatic N) is 1. The summed E-state index contributed by atoms with van der Waals surface area (Å²) in [5.41, 5.74) is 5.74. The number of primary amides is 1. The van der Waals surface area contributed by atoms with E-state index in [0.717, 1.165) is 6.54 Å². The van der Waals surface area contributed by atoms with Crippen LogP contribution in [0.4, 0.5) is 14.5 Å². The molecule has 1 unspecified atom stereocenters. The Bertz CT molecular complexity index is 484. The molecule has 1 amide bonds. The topological polar surface area (TPSA) is 58.4 Å². The molecule has 0 spiro atoms. The van der Waals surface area contributed by atoms with Crippen molar-refractivity contribution in [3.05, 3.63) is 29.3 Å². The van der Waals surface area contributed by atoms with E-state index < -0.39 is 17.5 Å². The van der Waals surface area contributed by atoms with Crippen LogP contribution in [0.15, 0.2) is 12.1 Å². The molecule has 110 valence electrons. The Labute approximate surface area is 116 Å². The average molecular weight is 283 g/mol. The van der Waals surface area contributed by atoms with Gasteiger partial charge in [-0.1, -0.05) is 6.92 Å². The lowest BCUT2D eigenvalue weighted by Gasteiger charge is -2.20. The first-order valence-electron chi connectivity index (χ1n) is 6.75. The molecule has 6 heteroatoms. The average Bonchev–Trinajstić information content (AvgIpc) is 2.85. The number of carbonyl (C=O) groups is 1. The van der Waals surface area contributed by atoms with E-state index in [1.54, 1.807) is 4.90 Å². The van der Waals surface area contributed by atoms with E-state index in [0.29, 0.717) is 25.1 Å². The van der Waals surface area contributed by atoms with Crippen molar-refractivity contribution in [2.45, 2.75) is 19.9 Å². The van der Waals surface area contributed by atoms with Gasteiger partial charge >= 0.3 is 0 Å². The van der Waals surface area contributed by atoms with Crippen molar-refractivity contribution in [1.29, 1.82) is 0 Å². The zero-order valence-corrected chi connectivity index (χ0v) is 11.5. The Hall–Kier alpha value is -1.69. The third kappa shape index (κ3) is 3.07. The van der Waals surface area contributed by atoms with Gasteiger partial charge in [0.1, 0.15) is 17.3 Å². The van der Waals surface area contributed by atoms with Gasteiger partial charge in [0, 0.05) is 19.6 Å². The van der Waals surface area contributed by atoms with Gasteiger partial charge in [0.15, 0.2) is 0 Å². The van der Waals surface area contributed by atoms with Gasteiger partial charge in [0.25, 0.3) is 0 Å². The lowest BCUT2D eigenvalue weighted by molar-refractivity contribution is -0.121. The molecule has 1 atom stereocenters. The summed E-state index contributed by atoms with van der Waals surface area (Å²) in [6.07, 6.45) is 0.535. The highest BCUT2D eigenvalue weighted by atomic mass is 19.1. The van der Waals surface area contributed by atoms with Crippen molar-refractivity contribution in [1.82, 2.24) is 5.32 Å². The normalized spacial score (nSPS) is 18.6. The molecule has 1 aromatic rings. The largest absolute Gasteiger partial charge is 0.369 e. The Morgan fingerprint density at radius 1 is 1.45 bits per heavy atom. The molecule has 0 aromatic heterocycles. The minimum absolute atomic E-state index is 0.0611. The van der Waals surface area contributed by atoms with E-state index in [4.69, 9.17) is 5.73 Å². The van der Waals surface area contributed by atoms with Crippen LogP contribution in [0.25, 0.3) is 0 Å². The van der Waals surface area contributed by atoms with E-state index in [1.165, 1.54) is 12.1 Å². The Kier molecular flexibility index (Phi) is 4.54. The third-order valence-electron chi connectivity index (χ3n) is 3.56. The van der Waals surface area contributed by atoms with Crippen LogP contribution >= 0.6 is 0 Å². The Morgan fingerprint density at radius 2 is 2.10 bits per heavy atom. The van der Waals surface area contributed by atoms with Crippen molar-refractivity contribution in [2.75, 3.05) is 24.5 Å². The minimum atomic E-state index is -0.594. The summed E-state index contributed by atoms with van der Waals surface area (Å²) in [4.78, 5) is 12.7. The number of benzene rings is 1. The van der Waals surface area contributed by atoms with Crippen LogP contribution in [0.1, 0.15) is 18.9 Å². The number of rotatable bonds is 5. The fraction of sp³-hybridized carbons (Fsp3) is 0.500. The van der Waals surface area contributed by atoms with Gasteiger partial charge in [0.05, 0.1) is 5.92 Å². The summed E-state index contributed by atoms with van der Waals surface area (Å²) >= 11 is 0. The first kappa shape index (κ1) is 14.7. The van der Waals surface area contributed by atoms with E-state index >= 15 is 0 Å². The molecule has 0 bridgehead atoms. The molecule has 0 radical (unpaired) electrons. The zero-order valence-electron chi connectivity index (χ0n) is 11.5. The summed E-state index contributed by atoms with van der Waals surface area (Å²) < 4.78 is 28.2. The van der Waals surface area contributed by atoms with Crippen LogP contribution in [0.2, 0.25) is 0 Å². The van der Waals surface area contributed by atoms with E-state index in [-0.39, 0.29) is 18.2 Å². The lowest BCUT2D eigenvalue weighted by Crippen LogP contribution is -2.28. The molecule has 0 aliphatic carbocycles. The second-order valence-electron chi connectivity index (χ2n) is 5.02. The summed E-state index contributed by atoms with van der Waals surface area (Å²) in [5, 5.41) is 3.02. The second-order valence-corrected chi connectivity index (χ2v) is 5.02. The molecular formula is C14H19F2N3O. The smallest absolute Gasteiger partial charge is 0.222 e. The van der Waals surface area contributed by atoms with Crippen LogP contribution in [-0.4, -0.2) is 25.5 Å². The molecule has 4 nitrogen and oxygen atoms in total. The predicted octanol–water partition coefficient (Wildman–Crippen LogP) is 1.39. The van der Waals surface area contributed by atoms with Crippen molar-refractivity contribution >= 4 is 11.6 Å². The zero-order chi connectivity index (χ0) is 14.7. The molecule has 1 aliphatic rings. The number of nitrogens with two attached hydrogens (primary N) is 1. The molecule has 2 rings (SSSR count). The van der Waals surface area contributed by atoms with Crippen molar-refractivity contribution in [2.24, 2.45) is 11.7 Å². The lowest BCUT2D eigenvalue weighted by atomic mass is 10.1. The summed E-state index contributed by atoms with van der Waals surface area (Å²) in [7, 11) is 0. The molecule has 1 aromatic carbocycles. The summed E-state index contributed by atoms with van der Waals surface area (Å²) in [6.45, 7) is 3.80. The molecule has 3 N–H and O–H groups in total. The van der Waals surface area contributed by atoms with Gasteiger partial charge < -0.3 is 16.0 Å². The Balaban J connectivity index is 2.18. The van der Waals surface area contributed by atoms with Crippen molar-refractivity contribution in [3.8, 4) is 0 Å². The van der Waals surface area contributed by atoms with Crippen LogP contribution in [-0.2, 0) is 11.3 Å². The van der Waals surface area contributed by atoms with Gasteiger partial charge in [-0.25, -0.2) is 8.78 Å². The number of carbonyl (C=O) groups excluding carboxylic acids is 1. The van der Waals surface area contributed by atoms with Crippen LogP contribution < -0.4 is 16.0 Å². The van der Waals surface area contributed by atoms with Gasteiger partial charge in [-0.15, -0.1) is 0 Å². The maximum atomic E-state index is 14.1. The third-order valence-corrected chi connectivity index (χ3v) is 3.56. The van der Waals surface area contributed by atoms with E-state index in [2.05, 4.69) is 5.32 Å². The van der Waals surface area contributed by atoms with Gasteiger partial charge in [-0.05, 0) is 30.7 Å². The van der Waals surface area contributed by atoms with E-state index in [1.807, 2.05) is 6.92 Å². The molecule has 0 saturated carbocycles. The molecule has 1 saturated heterocycles. The van der Waals surface area contributed by atoms with Crippen LogP contribution in [0.3, 0.4) is 0 Å². The fourth-order valence-electron chi connectivity index (χ4n) is 2.49. The number of hydrogen-bond acceptors (Lipinski definition) is 3. The standard InChI is InChI=1S/C14H19F2N3O/c1-2-18-7-9-5-11(15)13(12(16)6-9)19-4-3-10(8-19)14(17)20/h5-6,10,18H,2-4,7-8H2,1H3,(H2,17,20). The SMILES string of the molecule is CCNCc1cc(F)c(N2CCC(C(N)=O)C2)c(F)c1. The van der Waals surface area contributed by atoms with Gasteiger partial charge in [0.2, 0.25) is 5.91 Å². The number of hydrogen-bond donors (Lipinski definition) is 2. The number of nitrogens with one attached hydrogen (secondary N) is 1. The Morgan fingerprint density at radius 3 is 2.60 bits per heavy atom. The van der Waals surface area contributed by atoms with Crippen molar-refractivity contribution in [3.63, 3.8) is 0 Å². The first-order chi connectivity index (χ1) is 9.52. The fourth-order valence-corrected chi connectivity index (χ4v) is 2.49. The molecule has 1 aliphatic heterocycles. The molecule has 1 heterocycles. The maximum Gasteiger partial charge on any atom is 0.222 e. The number of anilines is 1. The van der Waals surface area contributed by atoms with Crippen LogP contribution in [0.5, 0.6) is 0 Å². The minimum Gasteiger partial charge on any atom is -0.369 e. The van der Waals surface area contributed by atoms with E-state index in [9.17, 15) is 13.6 Å². The summed E-state index contributed by atoms with van der Waals surface area (Å²) in [6, 6.07) is 2.66. The van der Waals surface area contributed by atoms with Crippen molar-refractivity contribution < 1.29 is 13.6 Å². The van der Waals surface area contributed by atoms with Crippen LogP contribution in [0, 0.1) is 17.6 Å². The second kappa shape index (κ2) is 6.17. The highest BCUT2D eigenvalue weighted by molar-refractivity contribution is 5.78. The molecule has 20 heavy (non-hydrogen) atoms. The summed E-state index contributed by atoms with van der Waals surface area (Å²) in [5.74, 6) is -1.95. The molecular weight excluding hydrogens is 264 g/mol. The first-order valence-corrected chi connectivity index (χ1v) is 6.75. The highest BCUT2D eigenvalue weighted by Crippen LogP contribution is 2.29. The molecule has 1 fully saturated rings. The quantitative estimate of drug-likeness (QED) is 0.858. The van der Waals surface area contributed by atoms with Gasteiger partial charge in [-0.2, -0.15) is 0 Å². The number of halogens is 2. The number of amides is 1.